The number of pyridine rings is 1. The van der Waals surface area contributed by atoms with E-state index < -0.39 is 5.97 Å². The lowest BCUT2D eigenvalue weighted by Crippen LogP contribution is -2.03. The Morgan fingerprint density at radius 2 is 2.05 bits per heavy atom. The van der Waals surface area contributed by atoms with Gasteiger partial charge in [0.15, 0.2) is 0 Å². The third kappa shape index (κ3) is 3.32. The molecular formula is C12H8Cl2N2O2S. The first-order chi connectivity index (χ1) is 8.97. The van der Waals surface area contributed by atoms with Crippen LogP contribution in [0.3, 0.4) is 0 Å². The van der Waals surface area contributed by atoms with Crippen LogP contribution in [-0.4, -0.2) is 16.1 Å². The van der Waals surface area contributed by atoms with Gasteiger partial charge in [0.2, 0.25) is 0 Å². The van der Waals surface area contributed by atoms with E-state index in [9.17, 15) is 4.79 Å². The van der Waals surface area contributed by atoms with Gasteiger partial charge in [-0.2, -0.15) is 0 Å². The van der Waals surface area contributed by atoms with Crippen LogP contribution in [0.4, 0.5) is 5.69 Å². The number of carboxylic acid groups (broad SMARTS) is 1. The molecule has 4 nitrogen and oxygen atoms in total. The number of nitrogen functional groups attached to an aromatic ring is 1. The maximum atomic E-state index is 11.0. The summed E-state index contributed by atoms with van der Waals surface area (Å²) < 4.78 is 0. The second-order valence-electron chi connectivity index (χ2n) is 3.59. The number of anilines is 1. The summed E-state index contributed by atoms with van der Waals surface area (Å²) in [7, 11) is 0. The first-order valence-corrected chi connectivity index (χ1v) is 6.66. The van der Waals surface area contributed by atoms with E-state index in [0.717, 1.165) is 0 Å². The molecule has 7 heteroatoms. The third-order valence-corrected chi connectivity index (χ3v) is 3.91. The molecule has 0 fully saturated rings. The van der Waals surface area contributed by atoms with Crippen LogP contribution in [0.2, 0.25) is 10.0 Å². The molecule has 3 N–H and O–H groups in total. The lowest BCUT2D eigenvalue weighted by Gasteiger charge is -2.06. The van der Waals surface area contributed by atoms with Gasteiger partial charge >= 0.3 is 5.97 Å². The first kappa shape index (κ1) is 14.0. The quantitative estimate of drug-likeness (QED) is 0.900. The Kier molecular flexibility index (Phi) is 4.19. The van der Waals surface area contributed by atoms with Crippen molar-refractivity contribution >= 4 is 46.6 Å². The normalized spacial score (nSPS) is 10.4. The molecule has 0 unspecified atom stereocenters. The summed E-state index contributed by atoms with van der Waals surface area (Å²) in [6.07, 6.45) is 1.31. The van der Waals surface area contributed by atoms with Gasteiger partial charge in [0, 0.05) is 9.92 Å². The lowest BCUT2D eigenvalue weighted by molar-refractivity contribution is 0.0697. The van der Waals surface area contributed by atoms with Crippen molar-refractivity contribution in [3.8, 4) is 0 Å². The third-order valence-electron chi connectivity index (χ3n) is 2.25. The number of nitrogens with two attached hydrogens (primary N) is 1. The Hall–Kier alpha value is -1.43. The van der Waals surface area contributed by atoms with Crippen molar-refractivity contribution in [2.24, 2.45) is 0 Å². The highest BCUT2D eigenvalue weighted by Crippen LogP contribution is 2.34. The number of carboxylic acids is 1. The highest BCUT2D eigenvalue weighted by molar-refractivity contribution is 7.99. The standard InChI is InChI=1S/C12H8Cl2N2O2S/c13-6-1-2-8(14)10(3-6)19-11-4-7(12(17)18)9(15)5-16-11/h1-5H,15H2,(H,17,18). The van der Waals surface area contributed by atoms with E-state index >= 15 is 0 Å². The molecule has 0 aliphatic carbocycles. The van der Waals surface area contributed by atoms with E-state index in [4.69, 9.17) is 34.0 Å². The second-order valence-corrected chi connectivity index (χ2v) is 5.50. The van der Waals surface area contributed by atoms with Crippen LogP contribution in [0, 0.1) is 0 Å². The summed E-state index contributed by atoms with van der Waals surface area (Å²) in [4.78, 5) is 15.7. The zero-order valence-corrected chi connectivity index (χ0v) is 11.8. The molecular weight excluding hydrogens is 307 g/mol. The predicted octanol–water partition coefficient (Wildman–Crippen LogP) is 3.82. The van der Waals surface area contributed by atoms with Gasteiger partial charge in [-0.25, -0.2) is 9.78 Å². The summed E-state index contributed by atoms with van der Waals surface area (Å²) in [6, 6.07) is 6.43. The minimum atomic E-state index is -1.10. The summed E-state index contributed by atoms with van der Waals surface area (Å²) in [6.45, 7) is 0. The van der Waals surface area contributed by atoms with Crippen molar-refractivity contribution in [1.29, 1.82) is 0 Å². The molecule has 0 radical (unpaired) electrons. The average molecular weight is 315 g/mol. The van der Waals surface area contributed by atoms with Crippen molar-refractivity contribution < 1.29 is 9.90 Å². The molecule has 2 rings (SSSR count). The van der Waals surface area contributed by atoms with Crippen molar-refractivity contribution in [3.05, 3.63) is 46.1 Å². The second kappa shape index (κ2) is 5.69. The van der Waals surface area contributed by atoms with E-state index in [1.807, 2.05) is 0 Å². The highest BCUT2D eigenvalue weighted by Gasteiger charge is 2.11. The molecule has 0 saturated carbocycles. The molecule has 2 aromatic rings. The lowest BCUT2D eigenvalue weighted by atomic mass is 10.2. The van der Waals surface area contributed by atoms with Gasteiger partial charge in [0.25, 0.3) is 0 Å². The Morgan fingerprint density at radius 3 is 2.74 bits per heavy atom. The number of aromatic carboxylic acids is 1. The Balaban J connectivity index is 2.36. The number of hydrogen-bond donors (Lipinski definition) is 2. The van der Waals surface area contributed by atoms with Crippen LogP contribution in [0.15, 0.2) is 40.4 Å². The van der Waals surface area contributed by atoms with E-state index in [-0.39, 0.29) is 11.3 Å². The number of carbonyl (C=O) groups is 1. The van der Waals surface area contributed by atoms with Gasteiger partial charge in [0.05, 0.1) is 22.5 Å². The highest BCUT2D eigenvalue weighted by atomic mass is 35.5. The van der Waals surface area contributed by atoms with Gasteiger partial charge in [-0.15, -0.1) is 0 Å². The molecule has 0 saturated heterocycles. The van der Waals surface area contributed by atoms with Gasteiger partial charge in [-0.3, -0.25) is 0 Å². The van der Waals surface area contributed by atoms with Crippen LogP contribution >= 0.6 is 35.0 Å². The predicted molar refractivity (Wildman–Crippen MR) is 76.2 cm³/mol. The Bertz CT molecular complexity index is 650. The van der Waals surface area contributed by atoms with Gasteiger partial charge in [-0.05, 0) is 24.3 Å². The van der Waals surface area contributed by atoms with Gasteiger partial charge in [0.1, 0.15) is 5.03 Å². The zero-order chi connectivity index (χ0) is 14.0. The number of nitrogens with zero attached hydrogens (tertiary/aromatic N) is 1. The fraction of sp³-hybridized carbons (Fsp3) is 0. The summed E-state index contributed by atoms with van der Waals surface area (Å²) in [5, 5.41) is 10.5. The Labute approximate surface area is 123 Å². The zero-order valence-electron chi connectivity index (χ0n) is 9.43. The van der Waals surface area contributed by atoms with Crippen molar-refractivity contribution in [3.63, 3.8) is 0 Å². The summed E-state index contributed by atoms with van der Waals surface area (Å²) >= 11 is 13.1. The molecule has 0 aliphatic rings. The number of rotatable bonds is 3. The molecule has 0 bridgehead atoms. The van der Waals surface area contributed by atoms with E-state index in [2.05, 4.69) is 4.98 Å². The first-order valence-electron chi connectivity index (χ1n) is 5.09. The topological polar surface area (TPSA) is 76.2 Å². The number of hydrogen-bond acceptors (Lipinski definition) is 4. The Morgan fingerprint density at radius 1 is 1.32 bits per heavy atom. The SMILES string of the molecule is Nc1cnc(Sc2cc(Cl)ccc2Cl)cc1C(=O)O. The molecule has 1 aromatic heterocycles. The minimum Gasteiger partial charge on any atom is -0.478 e. The van der Waals surface area contributed by atoms with Gasteiger partial charge < -0.3 is 10.8 Å². The maximum Gasteiger partial charge on any atom is 0.337 e. The summed E-state index contributed by atoms with van der Waals surface area (Å²) in [5.74, 6) is -1.10. The van der Waals surface area contributed by atoms with Crippen LogP contribution in [0.5, 0.6) is 0 Å². The molecule has 0 aliphatic heterocycles. The molecule has 1 heterocycles. The minimum absolute atomic E-state index is 0.00986. The van der Waals surface area contributed by atoms with Crippen LogP contribution in [-0.2, 0) is 0 Å². The maximum absolute atomic E-state index is 11.0. The molecule has 1 aromatic carbocycles. The smallest absolute Gasteiger partial charge is 0.337 e. The van der Waals surface area contributed by atoms with Crippen LogP contribution in [0.25, 0.3) is 0 Å². The van der Waals surface area contributed by atoms with Crippen molar-refractivity contribution in [1.82, 2.24) is 4.98 Å². The number of halogens is 2. The number of aromatic nitrogens is 1. The summed E-state index contributed by atoms with van der Waals surface area (Å²) in [5.41, 5.74) is 5.67. The fourth-order valence-electron chi connectivity index (χ4n) is 1.36. The van der Waals surface area contributed by atoms with Crippen molar-refractivity contribution in [2.75, 3.05) is 5.73 Å². The van der Waals surface area contributed by atoms with E-state index in [0.29, 0.717) is 20.0 Å². The largest absolute Gasteiger partial charge is 0.478 e. The molecule has 98 valence electrons. The van der Waals surface area contributed by atoms with Crippen molar-refractivity contribution in [2.45, 2.75) is 9.92 Å². The number of benzene rings is 1. The van der Waals surface area contributed by atoms with Crippen LogP contribution in [0.1, 0.15) is 10.4 Å². The molecule has 0 spiro atoms. The molecule has 19 heavy (non-hydrogen) atoms. The van der Waals surface area contributed by atoms with Crippen LogP contribution < -0.4 is 5.73 Å². The monoisotopic (exact) mass is 314 g/mol. The van der Waals surface area contributed by atoms with Gasteiger partial charge in [-0.1, -0.05) is 35.0 Å². The fourth-order valence-corrected chi connectivity index (χ4v) is 2.68. The average Bonchev–Trinajstić information content (AvgIpc) is 2.36. The molecule has 0 atom stereocenters. The van der Waals surface area contributed by atoms with E-state index in [1.165, 1.54) is 24.0 Å². The van der Waals surface area contributed by atoms with E-state index in [1.54, 1.807) is 18.2 Å². The molecule has 0 amide bonds.